The van der Waals surface area contributed by atoms with Crippen LogP contribution >= 0.6 is 0 Å². The second kappa shape index (κ2) is 4.91. The Labute approximate surface area is 99.2 Å². The van der Waals surface area contributed by atoms with Crippen LogP contribution in [-0.4, -0.2) is 53.5 Å². The molecule has 2 unspecified atom stereocenters. The summed E-state index contributed by atoms with van der Waals surface area (Å²) in [6, 6.07) is 0. The zero-order valence-electron chi connectivity index (χ0n) is 9.54. The molecule has 0 radical (unpaired) electrons. The third-order valence-electron chi connectivity index (χ3n) is 3.82. The Kier molecular flexibility index (Phi) is 3.51. The molecule has 0 spiro atoms. The Hall–Kier alpha value is -1.30. The van der Waals surface area contributed by atoms with Crippen molar-refractivity contribution in [1.82, 2.24) is 4.90 Å². The lowest BCUT2D eigenvalue weighted by molar-refractivity contribution is -0.143. The number of carboxylic acid groups (broad SMARTS) is 2. The number of carbonyl (C=O) groups is 2. The zero-order chi connectivity index (χ0) is 12.4. The molecule has 96 valence electrons. The molecule has 1 amide bonds. The Morgan fingerprint density at radius 3 is 2.29 bits per heavy atom. The Morgan fingerprint density at radius 1 is 1.12 bits per heavy atom. The van der Waals surface area contributed by atoms with Gasteiger partial charge in [-0.05, 0) is 24.7 Å². The molecule has 2 heterocycles. The van der Waals surface area contributed by atoms with Crippen LogP contribution in [0.2, 0.25) is 0 Å². The summed E-state index contributed by atoms with van der Waals surface area (Å²) in [5.74, 6) is -1.24. The number of likely N-dealkylation sites (tertiary alicyclic amines) is 1. The van der Waals surface area contributed by atoms with E-state index in [1.54, 1.807) is 0 Å². The van der Waals surface area contributed by atoms with Crippen LogP contribution in [0.3, 0.4) is 0 Å². The number of rotatable bonds is 2. The lowest BCUT2D eigenvalue weighted by atomic mass is 9.80. The van der Waals surface area contributed by atoms with Crippen LogP contribution in [0.25, 0.3) is 0 Å². The lowest BCUT2D eigenvalue weighted by Crippen LogP contribution is -2.32. The van der Waals surface area contributed by atoms with Gasteiger partial charge in [0.1, 0.15) is 0 Å². The van der Waals surface area contributed by atoms with E-state index in [9.17, 15) is 9.59 Å². The summed E-state index contributed by atoms with van der Waals surface area (Å²) in [5, 5.41) is 18.1. The van der Waals surface area contributed by atoms with Crippen LogP contribution in [0, 0.1) is 17.8 Å². The lowest BCUT2D eigenvalue weighted by Gasteiger charge is -2.29. The van der Waals surface area contributed by atoms with E-state index in [4.69, 9.17) is 14.9 Å². The summed E-state index contributed by atoms with van der Waals surface area (Å²) in [6.45, 7) is 1.77. The minimum absolute atomic E-state index is 0.0625. The fourth-order valence-electron chi connectivity index (χ4n) is 2.87. The summed E-state index contributed by atoms with van der Waals surface area (Å²) in [7, 11) is 0. The fraction of sp³-hybridized carbons (Fsp3) is 0.818. The largest absolute Gasteiger partial charge is 0.481 e. The third kappa shape index (κ3) is 2.52. The van der Waals surface area contributed by atoms with Gasteiger partial charge in [-0.25, -0.2) is 4.79 Å². The molecule has 0 bridgehead atoms. The molecule has 0 aromatic rings. The van der Waals surface area contributed by atoms with E-state index in [1.807, 2.05) is 0 Å². The van der Waals surface area contributed by atoms with Gasteiger partial charge in [0, 0.05) is 26.3 Å². The predicted molar refractivity (Wildman–Crippen MR) is 57.8 cm³/mol. The van der Waals surface area contributed by atoms with Crippen molar-refractivity contribution in [2.75, 3.05) is 26.3 Å². The maximum Gasteiger partial charge on any atom is 0.407 e. The SMILES string of the molecule is O=C(O)C1CN(C(=O)O)CC1C1CCOCC1. The zero-order valence-corrected chi connectivity index (χ0v) is 9.54. The Bertz CT molecular complexity index is 313. The minimum Gasteiger partial charge on any atom is -0.481 e. The maximum atomic E-state index is 11.2. The number of carboxylic acids is 1. The van der Waals surface area contributed by atoms with Crippen LogP contribution in [0.4, 0.5) is 4.79 Å². The van der Waals surface area contributed by atoms with Crippen molar-refractivity contribution in [2.45, 2.75) is 12.8 Å². The van der Waals surface area contributed by atoms with Crippen LogP contribution in [-0.2, 0) is 9.53 Å². The van der Waals surface area contributed by atoms with Crippen molar-refractivity contribution in [3.63, 3.8) is 0 Å². The molecule has 6 heteroatoms. The molecule has 6 nitrogen and oxygen atoms in total. The summed E-state index contributed by atoms with van der Waals surface area (Å²) in [6.07, 6.45) is 0.648. The second-order valence-corrected chi connectivity index (χ2v) is 4.75. The van der Waals surface area contributed by atoms with Crippen LogP contribution in [0.5, 0.6) is 0 Å². The number of hydrogen-bond acceptors (Lipinski definition) is 3. The second-order valence-electron chi connectivity index (χ2n) is 4.75. The Balaban J connectivity index is 2.07. The van der Waals surface area contributed by atoms with E-state index in [2.05, 4.69) is 0 Å². The number of amides is 1. The predicted octanol–water partition coefficient (Wildman–Crippen LogP) is 0.724. The molecule has 0 aromatic heterocycles. The van der Waals surface area contributed by atoms with Crippen molar-refractivity contribution >= 4 is 12.1 Å². The summed E-state index contributed by atoms with van der Waals surface area (Å²) in [5.41, 5.74) is 0. The van der Waals surface area contributed by atoms with E-state index in [-0.39, 0.29) is 18.4 Å². The van der Waals surface area contributed by atoms with Gasteiger partial charge in [0.15, 0.2) is 0 Å². The van der Waals surface area contributed by atoms with E-state index in [1.165, 1.54) is 4.90 Å². The van der Waals surface area contributed by atoms with Gasteiger partial charge in [0.2, 0.25) is 0 Å². The molecule has 2 fully saturated rings. The highest BCUT2D eigenvalue weighted by Crippen LogP contribution is 2.35. The van der Waals surface area contributed by atoms with Crippen molar-refractivity contribution < 1.29 is 24.5 Å². The Morgan fingerprint density at radius 2 is 1.76 bits per heavy atom. The van der Waals surface area contributed by atoms with Gasteiger partial charge in [-0.1, -0.05) is 0 Å². The molecule has 0 saturated carbocycles. The first-order valence-corrected chi connectivity index (χ1v) is 5.88. The summed E-state index contributed by atoms with van der Waals surface area (Å²) < 4.78 is 5.25. The van der Waals surface area contributed by atoms with Gasteiger partial charge >= 0.3 is 12.1 Å². The van der Waals surface area contributed by atoms with E-state index in [0.29, 0.717) is 19.8 Å². The molecule has 2 atom stereocenters. The normalized spacial score (nSPS) is 30.5. The molecule has 2 rings (SSSR count). The third-order valence-corrected chi connectivity index (χ3v) is 3.82. The van der Waals surface area contributed by atoms with Gasteiger partial charge in [-0.2, -0.15) is 0 Å². The monoisotopic (exact) mass is 243 g/mol. The summed E-state index contributed by atoms with van der Waals surface area (Å²) in [4.78, 5) is 23.3. The average Bonchev–Trinajstić information content (AvgIpc) is 2.75. The molecule has 0 aliphatic carbocycles. The number of hydrogen-bond donors (Lipinski definition) is 2. The highest BCUT2D eigenvalue weighted by Gasteiger charge is 2.43. The molecule has 17 heavy (non-hydrogen) atoms. The average molecular weight is 243 g/mol. The van der Waals surface area contributed by atoms with Crippen LogP contribution in [0.1, 0.15) is 12.8 Å². The van der Waals surface area contributed by atoms with Gasteiger partial charge in [0.25, 0.3) is 0 Å². The van der Waals surface area contributed by atoms with Crippen molar-refractivity contribution in [1.29, 1.82) is 0 Å². The van der Waals surface area contributed by atoms with Crippen LogP contribution < -0.4 is 0 Å². The smallest absolute Gasteiger partial charge is 0.407 e. The maximum absolute atomic E-state index is 11.2. The molecular weight excluding hydrogens is 226 g/mol. The molecular formula is C11H17NO5. The van der Waals surface area contributed by atoms with Gasteiger partial charge < -0.3 is 19.8 Å². The van der Waals surface area contributed by atoms with E-state index in [0.717, 1.165) is 12.8 Å². The van der Waals surface area contributed by atoms with Gasteiger partial charge in [0.05, 0.1) is 5.92 Å². The van der Waals surface area contributed by atoms with Crippen molar-refractivity contribution in [3.8, 4) is 0 Å². The fourth-order valence-corrected chi connectivity index (χ4v) is 2.87. The van der Waals surface area contributed by atoms with Gasteiger partial charge in [-0.15, -0.1) is 0 Å². The van der Waals surface area contributed by atoms with E-state index >= 15 is 0 Å². The van der Waals surface area contributed by atoms with Gasteiger partial charge in [-0.3, -0.25) is 4.79 Å². The topological polar surface area (TPSA) is 87.1 Å². The van der Waals surface area contributed by atoms with E-state index < -0.39 is 18.0 Å². The summed E-state index contributed by atoms with van der Waals surface area (Å²) >= 11 is 0. The highest BCUT2D eigenvalue weighted by atomic mass is 16.5. The van der Waals surface area contributed by atoms with Crippen LogP contribution in [0.15, 0.2) is 0 Å². The molecule has 2 aliphatic rings. The molecule has 2 N–H and O–H groups in total. The first-order chi connectivity index (χ1) is 8.09. The molecule has 2 saturated heterocycles. The first-order valence-electron chi connectivity index (χ1n) is 5.88. The number of nitrogens with zero attached hydrogens (tertiary/aromatic N) is 1. The molecule has 0 aromatic carbocycles. The first kappa shape index (κ1) is 12.2. The van der Waals surface area contributed by atoms with Crippen molar-refractivity contribution in [3.05, 3.63) is 0 Å². The number of aliphatic carboxylic acids is 1. The highest BCUT2D eigenvalue weighted by molar-refractivity contribution is 5.74. The van der Waals surface area contributed by atoms with Crippen molar-refractivity contribution in [2.24, 2.45) is 17.8 Å². The minimum atomic E-state index is -1.02. The number of ether oxygens (including phenoxy) is 1. The standard InChI is InChI=1S/C11H17NO5/c13-10(14)9-6-12(11(15)16)5-8(9)7-1-3-17-4-2-7/h7-9H,1-6H2,(H,13,14)(H,15,16). The molecule has 2 aliphatic heterocycles. The quantitative estimate of drug-likeness (QED) is 0.746.